The van der Waals surface area contributed by atoms with Gasteiger partial charge in [0, 0.05) is 68.8 Å². The fourth-order valence-corrected chi connectivity index (χ4v) is 6.67. The van der Waals surface area contributed by atoms with Crippen molar-refractivity contribution < 1.29 is 4.74 Å². The monoisotopic (exact) mass is 497 g/mol. The second-order valence-corrected chi connectivity index (χ2v) is 10.8. The Hall–Kier alpha value is -3.25. The van der Waals surface area contributed by atoms with E-state index in [0.29, 0.717) is 23.6 Å². The van der Waals surface area contributed by atoms with Gasteiger partial charge in [0.15, 0.2) is 0 Å². The molecule has 5 unspecified atom stereocenters. The fraction of sp³-hybridized carbons (Fsp3) is 0.483. The predicted octanol–water partition coefficient (Wildman–Crippen LogP) is 3.12. The number of piperazine rings is 1. The largest absolute Gasteiger partial charge is 0.378 e. The average molecular weight is 498 g/mol. The molecule has 3 saturated heterocycles. The number of hydrogen-bond donors (Lipinski definition) is 1. The highest BCUT2D eigenvalue weighted by atomic mass is 16.5. The number of nitriles is 1. The van der Waals surface area contributed by atoms with E-state index in [-0.39, 0.29) is 12.1 Å². The number of benzene rings is 1. The minimum absolute atomic E-state index is 0.0241. The second kappa shape index (κ2) is 9.90. The van der Waals surface area contributed by atoms with Gasteiger partial charge in [-0.15, -0.1) is 0 Å². The van der Waals surface area contributed by atoms with Crippen LogP contribution in [0.5, 0.6) is 0 Å². The third kappa shape index (κ3) is 4.42. The molecule has 0 spiro atoms. The summed E-state index contributed by atoms with van der Waals surface area (Å²) in [5, 5.41) is 10.6. The first-order valence-corrected chi connectivity index (χ1v) is 13.3. The lowest BCUT2D eigenvalue weighted by Crippen LogP contribution is -2.60. The highest BCUT2D eigenvalue weighted by Gasteiger charge is 2.38. The molecule has 2 aromatic heterocycles. The van der Waals surface area contributed by atoms with Crippen LogP contribution in [0.25, 0.3) is 10.9 Å². The molecule has 6 rings (SSSR count). The summed E-state index contributed by atoms with van der Waals surface area (Å²) in [6, 6.07) is 15.8. The lowest BCUT2D eigenvalue weighted by atomic mass is 9.83. The van der Waals surface area contributed by atoms with Crippen LogP contribution in [0.4, 0.5) is 11.5 Å². The summed E-state index contributed by atoms with van der Waals surface area (Å²) in [4.78, 5) is 16.8. The molecule has 0 aliphatic carbocycles. The van der Waals surface area contributed by atoms with Crippen LogP contribution < -0.4 is 15.5 Å². The van der Waals surface area contributed by atoms with Crippen molar-refractivity contribution in [3.05, 3.63) is 59.9 Å². The van der Waals surface area contributed by atoms with E-state index in [1.807, 2.05) is 12.1 Å². The molecule has 3 aliphatic rings. The van der Waals surface area contributed by atoms with Gasteiger partial charge in [-0.25, -0.2) is 4.98 Å². The van der Waals surface area contributed by atoms with Crippen molar-refractivity contribution in [1.82, 2.24) is 14.9 Å². The summed E-state index contributed by atoms with van der Waals surface area (Å²) < 4.78 is 5.51. The number of aromatic nitrogens is 2. The highest BCUT2D eigenvalue weighted by molar-refractivity contribution is 5.95. The molecule has 0 amide bonds. The third-order valence-corrected chi connectivity index (χ3v) is 8.63. The molecule has 3 aromatic rings. The van der Waals surface area contributed by atoms with Crippen LogP contribution in [0.1, 0.15) is 36.8 Å². The molecule has 0 radical (unpaired) electrons. The van der Waals surface area contributed by atoms with E-state index >= 15 is 0 Å². The number of pyridine rings is 2. The second-order valence-electron chi connectivity index (χ2n) is 10.8. The number of anilines is 2. The number of rotatable bonds is 4. The Morgan fingerprint density at radius 3 is 2.70 bits per heavy atom. The van der Waals surface area contributed by atoms with Gasteiger partial charge in [0.25, 0.3) is 0 Å². The Labute approximate surface area is 218 Å². The summed E-state index contributed by atoms with van der Waals surface area (Å²) in [6.07, 6.45) is 6.18. The first kappa shape index (κ1) is 24.1. The van der Waals surface area contributed by atoms with Gasteiger partial charge in [0.1, 0.15) is 11.9 Å². The molecule has 2 N–H and O–H groups in total. The van der Waals surface area contributed by atoms with Gasteiger partial charge in [-0.2, -0.15) is 5.26 Å². The van der Waals surface area contributed by atoms with Crippen molar-refractivity contribution in [1.29, 1.82) is 5.26 Å². The predicted molar refractivity (Wildman–Crippen MR) is 146 cm³/mol. The van der Waals surface area contributed by atoms with E-state index in [4.69, 9.17) is 15.5 Å². The average Bonchev–Trinajstić information content (AvgIpc) is 3.32. The minimum Gasteiger partial charge on any atom is -0.378 e. The van der Waals surface area contributed by atoms with Gasteiger partial charge in [0.2, 0.25) is 0 Å². The first-order chi connectivity index (χ1) is 18.1. The maximum Gasteiger partial charge on any atom is 0.128 e. The molecule has 8 heteroatoms. The van der Waals surface area contributed by atoms with E-state index < -0.39 is 0 Å². The van der Waals surface area contributed by atoms with E-state index in [9.17, 15) is 5.26 Å². The number of fused-ring (bicyclic) bond motifs is 2. The van der Waals surface area contributed by atoms with Crippen LogP contribution in [-0.4, -0.2) is 78.9 Å². The zero-order chi connectivity index (χ0) is 25.5. The molecule has 0 saturated carbocycles. The number of methoxy groups -OCH3 is 1. The van der Waals surface area contributed by atoms with Crippen molar-refractivity contribution in [2.75, 3.05) is 49.6 Å². The number of nitrogens with two attached hydrogens (primary N) is 1. The summed E-state index contributed by atoms with van der Waals surface area (Å²) in [5.41, 5.74) is 10.1. The van der Waals surface area contributed by atoms with Crippen molar-refractivity contribution in [2.45, 2.75) is 49.9 Å². The smallest absolute Gasteiger partial charge is 0.128 e. The maximum atomic E-state index is 9.55. The molecule has 3 aliphatic heterocycles. The number of piperidine rings is 1. The first-order valence-electron chi connectivity index (χ1n) is 13.3. The quantitative estimate of drug-likeness (QED) is 0.588. The molecule has 0 bridgehead atoms. The molecule has 8 nitrogen and oxygen atoms in total. The van der Waals surface area contributed by atoms with Crippen molar-refractivity contribution in [2.24, 2.45) is 5.73 Å². The molecule has 5 atom stereocenters. The van der Waals surface area contributed by atoms with Gasteiger partial charge in [-0.05, 0) is 68.1 Å². The van der Waals surface area contributed by atoms with E-state index in [1.54, 1.807) is 13.3 Å². The van der Waals surface area contributed by atoms with Crippen LogP contribution in [0.3, 0.4) is 0 Å². The normalized spacial score (nSPS) is 28.3. The van der Waals surface area contributed by atoms with Crippen molar-refractivity contribution in [3.63, 3.8) is 0 Å². The van der Waals surface area contributed by atoms with Gasteiger partial charge in [0.05, 0.1) is 23.2 Å². The van der Waals surface area contributed by atoms with Crippen LogP contribution in [0, 0.1) is 11.3 Å². The number of hydrogen-bond acceptors (Lipinski definition) is 8. The zero-order valence-corrected chi connectivity index (χ0v) is 21.6. The molecular formula is C29H35N7O. The number of ether oxygens (including phenoxy) is 1. The van der Waals surface area contributed by atoms with Gasteiger partial charge in [-0.1, -0.05) is 6.07 Å². The lowest BCUT2D eigenvalue weighted by Gasteiger charge is -2.50. The van der Waals surface area contributed by atoms with Gasteiger partial charge in [-0.3, -0.25) is 9.88 Å². The van der Waals surface area contributed by atoms with Crippen molar-refractivity contribution in [3.8, 4) is 6.07 Å². The van der Waals surface area contributed by atoms with Crippen molar-refractivity contribution >= 4 is 22.4 Å². The van der Waals surface area contributed by atoms with E-state index in [2.05, 4.69) is 63.1 Å². The van der Waals surface area contributed by atoms with Crippen LogP contribution in [0.15, 0.2) is 48.8 Å². The summed E-state index contributed by atoms with van der Waals surface area (Å²) in [7, 11) is 1.73. The number of nitrogens with zero attached hydrogens (tertiary/aromatic N) is 6. The summed E-state index contributed by atoms with van der Waals surface area (Å²) in [6.45, 7) is 6.97. The molecule has 5 heterocycles. The summed E-state index contributed by atoms with van der Waals surface area (Å²) >= 11 is 0. The SMILES string of the molecule is COC1CN(c2ccc(C3CCN4C(C)CN(c5ccc(C#N)c6ncccc56)CC4C3)cn2)CC1N. The molecule has 192 valence electrons. The fourth-order valence-electron chi connectivity index (χ4n) is 6.67. The Bertz CT molecular complexity index is 1310. The van der Waals surface area contributed by atoms with Gasteiger partial charge >= 0.3 is 0 Å². The van der Waals surface area contributed by atoms with Crippen LogP contribution in [0.2, 0.25) is 0 Å². The zero-order valence-electron chi connectivity index (χ0n) is 21.6. The Morgan fingerprint density at radius 2 is 1.95 bits per heavy atom. The highest BCUT2D eigenvalue weighted by Crippen LogP contribution is 2.38. The Kier molecular flexibility index (Phi) is 6.45. The third-order valence-electron chi connectivity index (χ3n) is 8.63. The molecule has 1 aromatic carbocycles. The van der Waals surface area contributed by atoms with E-state index in [1.165, 1.54) is 11.3 Å². The van der Waals surface area contributed by atoms with E-state index in [0.717, 1.165) is 62.3 Å². The Balaban J connectivity index is 1.19. The topological polar surface area (TPSA) is 94.5 Å². The standard InChI is InChI=1S/C29H35N7O/c1-19-15-34(26-7-5-21(13-30)29-24(26)4-3-10-32-29)16-23-12-20(9-11-36(19)23)22-6-8-28(33-14-22)35-17-25(31)27(18-35)37-2/h3-8,10,14,19-20,23,25,27H,9,11-12,15-18,31H2,1-2H3. The molecular weight excluding hydrogens is 462 g/mol. The molecule has 3 fully saturated rings. The maximum absolute atomic E-state index is 9.55. The lowest BCUT2D eigenvalue weighted by molar-refractivity contribution is 0.0765. The van der Waals surface area contributed by atoms with Crippen LogP contribution in [-0.2, 0) is 4.74 Å². The van der Waals surface area contributed by atoms with Crippen LogP contribution >= 0.6 is 0 Å². The molecule has 37 heavy (non-hydrogen) atoms. The van der Waals surface area contributed by atoms with Gasteiger partial charge < -0.3 is 20.3 Å². The Morgan fingerprint density at radius 1 is 1.05 bits per heavy atom. The summed E-state index contributed by atoms with van der Waals surface area (Å²) in [5.74, 6) is 1.48. The minimum atomic E-state index is 0.0241.